The van der Waals surface area contributed by atoms with Crippen molar-refractivity contribution < 1.29 is 19.4 Å². The molecule has 0 atom stereocenters. The summed E-state index contributed by atoms with van der Waals surface area (Å²) in [6.07, 6.45) is 3.15. The molecule has 0 spiro atoms. The van der Waals surface area contributed by atoms with Crippen LogP contribution in [0.2, 0.25) is 0 Å². The Hall–Kier alpha value is -2.40. The zero-order valence-corrected chi connectivity index (χ0v) is 12.7. The summed E-state index contributed by atoms with van der Waals surface area (Å²) in [4.78, 5) is 13.1. The Labute approximate surface area is 132 Å². The number of aromatic hydroxyl groups is 1. The first-order valence-corrected chi connectivity index (χ1v) is 7.65. The lowest BCUT2D eigenvalue weighted by atomic mass is 10.1. The van der Waals surface area contributed by atoms with E-state index in [1.54, 1.807) is 19.3 Å². The first kappa shape index (κ1) is 14.5. The van der Waals surface area contributed by atoms with E-state index in [9.17, 15) is 9.90 Å². The van der Waals surface area contributed by atoms with Gasteiger partial charge in [-0.15, -0.1) is 0 Å². The number of allylic oxidation sites excluding steroid dienone is 1. The van der Waals surface area contributed by atoms with Crippen LogP contribution >= 0.6 is 11.8 Å². The Balaban J connectivity index is 1.80. The summed E-state index contributed by atoms with van der Waals surface area (Å²) >= 11 is 1.50. The molecular weight excluding hydrogens is 300 g/mol. The summed E-state index contributed by atoms with van der Waals surface area (Å²) < 4.78 is 10.4. The number of ether oxygens (including phenoxy) is 2. The maximum atomic E-state index is 12.2. The van der Waals surface area contributed by atoms with Crippen molar-refractivity contribution in [2.45, 2.75) is 4.90 Å². The number of phenolic OH excluding ortho intramolecular Hbond substituents is 1. The van der Waals surface area contributed by atoms with Crippen molar-refractivity contribution in [2.75, 3.05) is 13.0 Å². The number of rotatable bonds is 4. The molecule has 5 heteroatoms. The van der Waals surface area contributed by atoms with E-state index in [0.717, 1.165) is 16.2 Å². The molecule has 0 fully saturated rings. The smallest absolute Gasteiger partial charge is 0.189 e. The molecule has 0 saturated carbocycles. The molecule has 0 bridgehead atoms. The van der Waals surface area contributed by atoms with Crippen LogP contribution in [0.15, 0.2) is 47.4 Å². The predicted molar refractivity (Wildman–Crippen MR) is 85.8 cm³/mol. The maximum Gasteiger partial charge on any atom is 0.189 e. The summed E-state index contributed by atoms with van der Waals surface area (Å²) in [7, 11) is 1.60. The maximum absolute atomic E-state index is 12.2. The van der Waals surface area contributed by atoms with Gasteiger partial charge in [0, 0.05) is 6.07 Å². The minimum absolute atomic E-state index is 0.0642. The van der Waals surface area contributed by atoms with Crippen molar-refractivity contribution in [1.82, 2.24) is 0 Å². The Bertz CT molecular complexity index is 735. The third kappa shape index (κ3) is 2.94. The Morgan fingerprint density at radius 1 is 1.32 bits per heavy atom. The van der Waals surface area contributed by atoms with Crippen molar-refractivity contribution in [3.8, 4) is 17.2 Å². The van der Waals surface area contributed by atoms with Gasteiger partial charge in [-0.2, -0.15) is 0 Å². The van der Waals surface area contributed by atoms with Gasteiger partial charge in [0.05, 0.1) is 17.6 Å². The lowest BCUT2D eigenvalue weighted by Crippen LogP contribution is -1.95. The van der Waals surface area contributed by atoms with E-state index in [4.69, 9.17) is 9.47 Å². The molecule has 1 aliphatic heterocycles. The van der Waals surface area contributed by atoms with Gasteiger partial charge in [0.1, 0.15) is 23.2 Å². The van der Waals surface area contributed by atoms with Crippen LogP contribution in [0.3, 0.4) is 0 Å². The minimum Gasteiger partial charge on any atom is -0.507 e. The molecule has 0 aliphatic carbocycles. The molecular formula is C17H14O4S. The van der Waals surface area contributed by atoms with E-state index >= 15 is 0 Å². The van der Waals surface area contributed by atoms with Crippen molar-refractivity contribution >= 4 is 23.6 Å². The Morgan fingerprint density at radius 2 is 2.09 bits per heavy atom. The van der Waals surface area contributed by atoms with Crippen molar-refractivity contribution in [1.29, 1.82) is 0 Å². The van der Waals surface area contributed by atoms with Crippen LogP contribution in [-0.2, 0) is 0 Å². The van der Waals surface area contributed by atoms with Gasteiger partial charge in [-0.25, -0.2) is 0 Å². The number of ketones is 1. The third-order valence-corrected chi connectivity index (χ3v) is 4.17. The van der Waals surface area contributed by atoms with Crippen LogP contribution in [0.25, 0.3) is 6.08 Å². The molecule has 1 N–H and O–H groups in total. The van der Waals surface area contributed by atoms with Crippen LogP contribution in [0.5, 0.6) is 17.2 Å². The van der Waals surface area contributed by atoms with Crippen molar-refractivity contribution in [2.24, 2.45) is 0 Å². The van der Waals surface area contributed by atoms with E-state index < -0.39 is 0 Å². The number of hydrogen-bond acceptors (Lipinski definition) is 5. The summed E-state index contributed by atoms with van der Waals surface area (Å²) in [5.41, 5.74) is 1.16. The molecule has 1 heterocycles. The molecule has 1 aliphatic rings. The van der Waals surface area contributed by atoms with Gasteiger partial charge in [-0.3, -0.25) is 4.79 Å². The number of carbonyl (C=O) groups excluding carboxylic acids is 1. The molecule has 112 valence electrons. The zero-order chi connectivity index (χ0) is 15.5. The third-order valence-electron chi connectivity index (χ3n) is 3.30. The van der Waals surface area contributed by atoms with Crippen molar-refractivity contribution in [3.05, 3.63) is 53.6 Å². The quantitative estimate of drug-likeness (QED) is 0.688. The lowest BCUT2D eigenvalue weighted by Gasteiger charge is -2.04. The molecule has 2 aromatic rings. The molecule has 3 rings (SSSR count). The van der Waals surface area contributed by atoms with E-state index in [1.165, 1.54) is 23.9 Å². The molecule has 0 unspecified atom stereocenters. The first-order valence-electron chi connectivity index (χ1n) is 6.66. The molecule has 0 radical (unpaired) electrons. The van der Waals surface area contributed by atoms with Gasteiger partial charge in [0.25, 0.3) is 0 Å². The van der Waals surface area contributed by atoms with E-state index in [-0.39, 0.29) is 17.1 Å². The first-order chi connectivity index (χ1) is 10.7. The Morgan fingerprint density at radius 3 is 2.82 bits per heavy atom. The molecule has 4 nitrogen and oxygen atoms in total. The van der Waals surface area contributed by atoms with Crippen LogP contribution in [-0.4, -0.2) is 23.9 Å². The van der Waals surface area contributed by atoms with Crippen molar-refractivity contribution in [3.63, 3.8) is 0 Å². The number of thioether (sulfide) groups is 1. The Kier molecular flexibility index (Phi) is 4.06. The largest absolute Gasteiger partial charge is 0.507 e. The number of methoxy groups -OCH3 is 1. The summed E-state index contributed by atoms with van der Waals surface area (Å²) in [5.74, 6) is 1.58. The molecule has 22 heavy (non-hydrogen) atoms. The lowest BCUT2D eigenvalue weighted by molar-refractivity contribution is 0.104. The molecule has 0 amide bonds. The standard InChI is InChI=1S/C17H14O4S/c1-20-12-5-2-11(3-6-12)4-7-14(18)13-8-17-16(9-15(13)19)21-10-22-17/h2-9,19H,10H2,1H3/b7-4+. The summed E-state index contributed by atoms with van der Waals surface area (Å²) in [5, 5.41) is 9.95. The fourth-order valence-electron chi connectivity index (χ4n) is 2.11. The van der Waals surface area contributed by atoms with Crippen LogP contribution in [0.4, 0.5) is 0 Å². The number of fused-ring (bicyclic) bond motifs is 1. The van der Waals surface area contributed by atoms with E-state index in [0.29, 0.717) is 11.7 Å². The second-order valence-electron chi connectivity index (χ2n) is 4.69. The monoisotopic (exact) mass is 314 g/mol. The van der Waals surface area contributed by atoms with Crippen LogP contribution < -0.4 is 9.47 Å². The number of hydrogen-bond donors (Lipinski definition) is 1. The molecule has 0 saturated heterocycles. The van der Waals surface area contributed by atoms with E-state index in [1.807, 2.05) is 24.3 Å². The van der Waals surface area contributed by atoms with Gasteiger partial charge >= 0.3 is 0 Å². The fraction of sp³-hybridized carbons (Fsp3) is 0.118. The van der Waals surface area contributed by atoms with Gasteiger partial charge in [0.2, 0.25) is 0 Å². The predicted octanol–water partition coefficient (Wildman–Crippen LogP) is 3.74. The minimum atomic E-state index is -0.247. The SMILES string of the molecule is COc1ccc(/C=C/C(=O)c2cc3c(cc2O)OCS3)cc1. The summed E-state index contributed by atoms with van der Waals surface area (Å²) in [6, 6.07) is 10.5. The fourth-order valence-corrected chi connectivity index (χ4v) is 2.88. The number of carbonyl (C=O) groups is 1. The van der Waals surface area contributed by atoms with Gasteiger partial charge in [0.15, 0.2) is 5.78 Å². The normalized spacial score (nSPS) is 13.0. The second-order valence-corrected chi connectivity index (χ2v) is 5.66. The van der Waals surface area contributed by atoms with E-state index in [2.05, 4.69) is 0 Å². The highest BCUT2D eigenvalue weighted by Crippen LogP contribution is 2.40. The van der Waals surface area contributed by atoms with Gasteiger partial charge in [-0.1, -0.05) is 30.0 Å². The molecule has 2 aromatic carbocycles. The average molecular weight is 314 g/mol. The van der Waals surface area contributed by atoms with Crippen LogP contribution in [0.1, 0.15) is 15.9 Å². The number of phenols is 1. The summed E-state index contributed by atoms with van der Waals surface area (Å²) in [6.45, 7) is 0. The average Bonchev–Trinajstić information content (AvgIpc) is 2.99. The topological polar surface area (TPSA) is 55.8 Å². The van der Waals surface area contributed by atoms with Gasteiger partial charge in [-0.05, 0) is 29.8 Å². The zero-order valence-electron chi connectivity index (χ0n) is 11.9. The highest BCUT2D eigenvalue weighted by molar-refractivity contribution is 7.99. The highest BCUT2D eigenvalue weighted by Gasteiger charge is 2.18. The van der Waals surface area contributed by atoms with Gasteiger partial charge < -0.3 is 14.6 Å². The van der Waals surface area contributed by atoms with Crippen LogP contribution in [0, 0.1) is 0 Å². The number of benzene rings is 2. The molecule has 0 aromatic heterocycles. The highest BCUT2D eigenvalue weighted by atomic mass is 32.2. The second kappa shape index (κ2) is 6.15.